The van der Waals surface area contributed by atoms with Crippen LogP contribution in [0.25, 0.3) is 0 Å². The van der Waals surface area contributed by atoms with Crippen LogP contribution in [-0.4, -0.2) is 36.9 Å². The van der Waals surface area contributed by atoms with Crippen LogP contribution in [0.4, 0.5) is 10.1 Å². The maximum atomic E-state index is 13.3. The van der Waals surface area contributed by atoms with Crippen LogP contribution in [0, 0.1) is 5.82 Å². The first-order chi connectivity index (χ1) is 11.5. The van der Waals surface area contributed by atoms with Crippen molar-refractivity contribution in [2.75, 3.05) is 31.1 Å². The summed E-state index contributed by atoms with van der Waals surface area (Å²) in [5.41, 5.74) is 3.02. The zero-order valence-electron chi connectivity index (χ0n) is 13.6. The molecule has 0 unspecified atom stereocenters. The van der Waals surface area contributed by atoms with E-state index in [-0.39, 0.29) is 11.6 Å². The minimum Gasteiger partial charge on any atom is -0.369 e. The van der Waals surface area contributed by atoms with Gasteiger partial charge in [-0.05, 0) is 64.8 Å². The molecule has 0 amide bonds. The number of anilines is 1. The van der Waals surface area contributed by atoms with E-state index in [1.165, 1.54) is 6.07 Å². The molecule has 1 saturated heterocycles. The van der Waals surface area contributed by atoms with Crippen LogP contribution in [-0.2, 0) is 6.54 Å². The molecule has 2 aromatic rings. The molecule has 0 N–H and O–H groups in total. The minimum absolute atomic E-state index is 0.0943. The van der Waals surface area contributed by atoms with E-state index in [0.717, 1.165) is 49.5 Å². The number of carbonyl (C=O) groups is 1. The van der Waals surface area contributed by atoms with E-state index in [2.05, 4.69) is 25.7 Å². The Morgan fingerprint density at radius 1 is 1.08 bits per heavy atom. The molecule has 5 heteroatoms. The van der Waals surface area contributed by atoms with E-state index >= 15 is 0 Å². The summed E-state index contributed by atoms with van der Waals surface area (Å²) in [6.07, 6.45) is 0. The monoisotopic (exact) mass is 390 g/mol. The fourth-order valence-corrected chi connectivity index (χ4v) is 3.39. The molecule has 3 nitrogen and oxygen atoms in total. The predicted molar refractivity (Wildman–Crippen MR) is 98.0 cm³/mol. The van der Waals surface area contributed by atoms with Crippen LogP contribution < -0.4 is 4.90 Å². The maximum absolute atomic E-state index is 13.3. The van der Waals surface area contributed by atoms with Gasteiger partial charge in [0.05, 0.1) is 4.47 Å². The van der Waals surface area contributed by atoms with Crippen LogP contribution in [0.3, 0.4) is 0 Å². The molecule has 1 aliphatic rings. The van der Waals surface area contributed by atoms with Crippen LogP contribution >= 0.6 is 15.9 Å². The lowest BCUT2D eigenvalue weighted by Crippen LogP contribution is -2.45. The first-order valence-electron chi connectivity index (χ1n) is 8.05. The number of Topliss-reactive ketones (excluding diaryl/α,β-unsaturated/α-hetero) is 1. The summed E-state index contributed by atoms with van der Waals surface area (Å²) >= 11 is 3.24. The van der Waals surface area contributed by atoms with Gasteiger partial charge in [0.15, 0.2) is 5.78 Å². The van der Waals surface area contributed by atoms with Crippen molar-refractivity contribution in [3.05, 3.63) is 63.9 Å². The lowest BCUT2D eigenvalue weighted by molar-refractivity contribution is 0.101. The van der Waals surface area contributed by atoms with E-state index in [9.17, 15) is 9.18 Å². The van der Waals surface area contributed by atoms with Crippen LogP contribution in [0.15, 0.2) is 46.9 Å². The minimum atomic E-state index is -0.224. The highest BCUT2D eigenvalue weighted by Gasteiger charge is 2.17. The fraction of sp³-hybridized carbons (Fsp3) is 0.316. The van der Waals surface area contributed by atoms with Crippen molar-refractivity contribution in [3.63, 3.8) is 0 Å². The molecule has 0 aromatic heterocycles. The number of piperazine rings is 1. The molecule has 0 radical (unpaired) electrons. The van der Waals surface area contributed by atoms with Gasteiger partial charge in [0.2, 0.25) is 0 Å². The third-order valence-corrected chi connectivity index (χ3v) is 5.01. The van der Waals surface area contributed by atoms with Crippen LogP contribution in [0.1, 0.15) is 22.8 Å². The Labute approximate surface area is 150 Å². The van der Waals surface area contributed by atoms with Crippen molar-refractivity contribution >= 4 is 27.4 Å². The number of nitrogens with zero attached hydrogens (tertiary/aromatic N) is 2. The van der Waals surface area contributed by atoms with E-state index in [1.54, 1.807) is 6.92 Å². The summed E-state index contributed by atoms with van der Waals surface area (Å²) in [5.74, 6) is -0.130. The average Bonchev–Trinajstić information content (AvgIpc) is 2.59. The normalized spacial score (nSPS) is 15.5. The van der Waals surface area contributed by atoms with Gasteiger partial charge in [-0.25, -0.2) is 4.39 Å². The van der Waals surface area contributed by atoms with Gasteiger partial charge in [-0.2, -0.15) is 0 Å². The summed E-state index contributed by atoms with van der Waals surface area (Å²) < 4.78 is 13.8. The van der Waals surface area contributed by atoms with Gasteiger partial charge in [-0.15, -0.1) is 0 Å². The van der Waals surface area contributed by atoms with E-state index in [4.69, 9.17) is 0 Å². The van der Waals surface area contributed by atoms with Crippen LogP contribution in [0.5, 0.6) is 0 Å². The van der Waals surface area contributed by atoms with E-state index in [0.29, 0.717) is 4.47 Å². The number of hydrogen-bond acceptors (Lipinski definition) is 3. The van der Waals surface area contributed by atoms with Gasteiger partial charge in [-0.1, -0.05) is 6.07 Å². The number of ketones is 1. The van der Waals surface area contributed by atoms with Crippen molar-refractivity contribution in [1.29, 1.82) is 0 Å². The molecule has 1 aliphatic heterocycles. The highest BCUT2D eigenvalue weighted by atomic mass is 79.9. The molecule has 126 valence electrons. The zero-order chi connectivity index (χ0) is 17.1. The smallest absolute Gasteiger partial charge is 0.159 e. The molecule has 3 rings (SSSR count). The predicted octanol–water partition coefficient (Wildman–Crippen LogP) is 4.11. The molecular formula is C19H20BrFN2O. The van der Waals surface area contributed by atoms with Gasteiger partial charge in [0.1, 0.15) is 5.82 Å². The van der Waals surface area contributed by atoms with E-state index in [1.807, 2.05) is 36.4 Å². The second-order valence-corrected chi connectivity index (χ2v) is 6.97. The maximum Gasteiger partial charge on any atom is 0.159 e. The summed E-state index contributed by atoms with van der Waals surface area (Å²) in [6, 6.07) is 13.0. The highest BCUT2D eigenvalue weighted by Crippen LogP contribution is 2.20. The molecule has 0 aliphatic carbocycles. The van der Waals surface area contributed by atoms with Gasteiger partial charge < -0.3 is 4.90 Å². The van der Waals surface area contributed by atoms with Gasteiger partial charge >= 0.3 is 0 Å². The first-order valence-corrected chi connectivity index (χ1v) is 8.84. The van der Waals surface area contributed by atoms with Crippen molar-refractivity contribution < 1.29 is 9.18 Å². The summed E-state index contributed by atoms with van der Waals surface area (Å²) in [4.78, 5) is 16.1. The Morgan fingerprint density at radius 3 is 2.33 bits per heavy atom. The second kappa shape index (κ2) is 7.45. The lowest BCUT2D eigenvalue weighted by Gasteiger charge is -2.36. The molecule has 1 heterocycles. The zero-order valence-corrected chi connectivity index (χ0v) is 15.2. The Morgan fingerprint density at radius 2 is 1.75 bits per heavy atom. The quantitative estimate of drug-likeness (QED) is 0.733. The fourth-order valence-electron chi connectivity index (χ4n) is 2.97. The first kappa shape index (κ1) is 17.1. The number of hydrogen-bond donors (Lipinski definition) is 0. The SMILES string of the molecule is CC(=O)c1ccc(N2CCN(Cc3ccc(F)c(Br)c3)CC2)cc1. The Bertz CT molecular complexity index is 725. The molecule has 2 aromatic carbocycles. The number of carbonyl (C=O) groups excluding carboxylic acids is 1. The molecule has 0 bridgehead atoms. The molecule has 0 spiro atoms. The summed E-state index contributed by atoms with van der Waals surface area (Å²) in [7, 11) is 0. The Hall–Kier alpha value is -1.72. The largest absolute Gasteiger partial charge is 0.369 e. The number of halogens is 2. The Kier molecular flexibility index (Phi) is 5.31. The van der Waals surface area contributed by atoms with Crippen molar-refractivity contribution in [1.82, 2.24) is 4.90 Å². The number of rotatable bonds is 4. The van der Waals surface area contributed by atoms with Gasteiger partial charge in [-0.3, -0.25) is 9.69 Å². The molecule has 0 saturated carbocycles. The standard InChI is InChI=1S/C19H20BrFN2O/c1-14(24)16-3-5-17(6-4-16)23-10-8-22(9-11-23)13-15-2-7-19(21)18(20)12-15/h2-7,12H,8-11,13H2,1H3. The summed E-state index contributed by atoms with van der Waals surface area (Å²) in [6.45, 7) is 6.23. The second-order valence-electron chi connectivity index (χ2n) is 6.11. The lowest BCUT2D eigenvalue weighted by atomic mass is 10.1. The van der Waals surface area contributed by atoms with Crippen molar-refractivity contribution in [2.45, 2.75) is 13.5 Å². The molecule has 1 fully saturated rings. The van der Waals surface area contributed by atoms with Gasteiger partial charge in [0.25, 0.3) is 0 Å². The van der Waals surface area contributed by atoms with Crippen molar-refractivity contribution in [2.24, 2.45) is 0 Å². The molecular weight excluding hydrogens is 371 g/mol. The third-order valence-electron chi connectivity index (χ3n) is 4.40. The topological polar surface area (TPSA) is 23.6 Å². The van der Waals surface area contributed by atoms with E-state index < -0.39 is 0 Å². The highest BCUT2D eigenvalue weighted by molar-refractivity contribution is 9.10. The summed E-state index contributed by atoms with van der Waals surface area (Å²) in [5, 5.41) is 0. The number of benzene rings is 2. The molecule has 0 atom stereocenters. The third kappa shape index (κ3) is 4.02. The Balaban J connectivity index is 1.57. The average molecular weight is 391 g/mol. The van der Waals surface area contributed by atoms with Gasteiger partial charge in [0, 0.05) is 44.0 Å². The molecule has 24 heavy (non-hydrogen) atoms. The van der Waals surface area contributed by atoms with Crippen LogP contribution in [0.2, 0.25) is 0 Å². The van der Waals surface area contributed by atoms with Crippen molar-refractivity contribution in [3.8, 4) is 0 Å².